The Hall–Kier alpha value is -2.86. The van der Waals surface area contributed by atoms with Crippen LogP contribution in [0.1, 0.15) is 28.8 Å². The van der Waals surface area contributed by atoms with Gasteiger partial charge in [0.2, 0.25) is 0 Å². The first-order chi connectivity index (χ1) is 14.5. The first-order valence-electron chi connectivity index (χ1n) is 10.4. The second-order valence-electron chi connectivity index (χ2n) is 8.27. The van der Waals surface area contributed by atoms with Crippen LogP contribution in [0, 0.1) is 5.92 Å². The van der Waals surface area contributed by atoms with Crippen molar-refractivity contribution in [1.29, 1.82) is 0 Å². The van der Waals surface area contributed by atoms with Crippen molar-refractivity contribution >= 4 is 17.6 Å². The second-order valence-corrected chi connectivity index (χ2v) is 8.27. The molecule has 0 spiro atoms. The lowest BCUT2D eigenvalue weighted by Gasteiger charge is -2.47. The minimum absolute atomic E-state index is 0.112. The Morgan fingerprint density at radius 3 is 2.40 bits per heavy atom. The summed E-state index contributed by atoms with van der Waals surface area (Å²) in [6.07, 6.45) is 0.877. The summed E-state index contributed by atoms with van der Waals surface area (Å²) in [5.41, 5.74) is 2.69. The SMILES string of the molecule is CN(C)c1cccc(C(=O)C2CC3COCC(C2)N3C(=O)OCc2ccccc2)c1. The zero-order chi connectivity index (χ0) is 21.1. The van der Waals surface area contributed by atoms with Crippen molar-refractivity contribution in [3.63, 3.8) is 0 Å². The number of hydrogen-bond donors (Lipinski definition) is 0. The lowest BCUT2D eigenvalue weighted by atomic mass is 9.81. The molecular formula is C24H28N2O4. The normalized spacial score (nSPS) is 23.0. The van der Waals surface area contributed by atoms with Gasteiger partial charge in [0.05, 0.1) is 25.3 Å². The zero-order valence-corrected chi connectivity index (χ0v) is 17.5. The fourth-order valence-corrected chi connectivity index (χ4v) is 4.39. The molecule has 0 saturated carbocycles. The van der Waals surface area contributed by atoms with Gasteiger partial charge in [-0.3, -0.25) is 9.69 Å². The van der Waals surface area contributed by atoms with Crippen molar-refractivity contribution in [3.05, 3.63) is 65.7 Å². The Morgan fingerprint density at radius 2 is 1.73 bits per heavy atom. The molecule has 2 fully saturated rings. The van der Waals surface area contributed by atoms with E-state index >= 15 is 0 Å². The van der Waals surface area contributed by atoms with Gasteiger partial charge in [0.1, 0.15) is 6.61 Å². The Balaban J connectivity index is 1.43. The van der Waals surface area contributed by atoms with Crippen molar-refractivity contribution in [2.75, 3.05) is 32.2 Å². The summed E-state index contributed by atoms with van der Waals surface area (Å²) < 4.78 is 11.3. The van der Waals surface area contributed by atoms with Gasteiger partial charge >= 0.3 is 6.09 Å². The Kier molecular flexibility index (Phi) is 6.04. The molecule has 2 aliphatic rings. The maximum absolute atomic E-state index is 13.2. The van der Waals surface area contributed by atoms with Crippen molar-refractivity contribution in [2.45, 2.75) is 31.5 Å². The van der Waals surface area contributed by atoms with Gasteiger partial charge in [-0.1, -0.05) is 42.5 Å². The highest BCUT2D eigenvalue weighted by Crippen LogP contribution is 2.34. The molecule has 6 nitrogen and oxygen atoms in total. The van der Waals surface area contributed by atoms with Gasteiger partial charge < -0.3 is 14.4 Å². The van der Waals surface area contributed by atoms with Crippen LogP contribution >= 0.6 is 0 Å². The molecule has 0 radical (unpaired) electrons. The lowest BCUT2D eigenvalue weighted by Crippen LogP contribution is -2.59. The summed E-state index contributed by atoms with van der Waals surface area (Å²) in [7, 11) is 3.93. The number of fused-ring (bicyclic) bond motifs is 2. The van der Waals surface area contributed by atoms with Crippen LogP contribution < -0.4 is 4.90 Å². The highest BCUT2D eigenvalue weighted by atomic mass is 16.6. The minimum atomic E-state index is -0.322. The third-order valence-corrected chi connectivity index (χ3v) is 5.95. The van der Waals surface area contributed by atoms with Crippen LogP contribution in [-0.2, 0) is 16.1 Å². The van der Waals surface area contributed by atoms with E-state index in [0.29, 0.717) is 26.1 Å². The number of anilines is 1. The molecule has 30 heavy (non-hydrogen) atoms. The van der Waals surface area contributed by atoms with Crippen LogP contribution in [0.25, 0.3) is 0 Å². The molecule has 2 unspecified atom stereocenters. The minimum Gasteiger partial charge on any atom is -0.445 e. The van der Waals surface area contributed by atoms with Crippen LogP contribution in [0.2, 0.25) is 0 Å². The predicted molar refractivity (Wildman–Crippen MR) is 115 cm³/mol. The van der Waals surface area contributed by atoms with Crippen LogP contribution in [0.5, 0.6) is 0 Å². The molecule has 1 amide bonds. The van der Waals surface area contributed by atoms with Gasteiger partial charge in [0.15, 0.2) is 5.78 Å². The summed E-state index contributed by atoms with van der Waals surface area (Å²) in [5, 5.41) is 0. The molecule has 2 atom stereocenters. The first-order valence-corrected chi connectivity index (χ1v) is 10.4. The topological polar surface area (TPSA) is 59.1 Å². The fraction of sp³-hybridized carbons (Fsp3) is 0.417. The number of piperidine rings is 1. The number of Topliss-reactive ketones (excluding diaryl/α,β-unsaturated/α-hetero) is 1. The smallest absolute Gasteiger partial charge is 0.410 e. The number of carbonyl (C=O) groups excluding carboxylic acids is 2. The number of rotatable bonds is 5. The van der Waals surface area contributed by atoms with Crippen molar-refractivity contribution < 1.29 is 19.1 Å². The number of benzene rings is 2. The molecule has 2 bridgehead atoms. The molecule has 0 aromatic heterocycles. The first kappa shape index (κ1) is 20.4. The molecule has 4 rings (SSSR count). The van der Waals surface area contributed by atoms with Gasteiger partial charge in [0.25, 0.3) is 0 Å². The maximum atomic E-state index is 13.2. The number of amides is 1. The molecule has 0 aliphatic carbocycles. The monoisotopic (exact) mass is 408 g/mol. The molecular weight excluding hydrogens is 380 g/mol. The average Bonchev–Trinajstić information content (AvgIpc) is 2.76. The summed E-state index contributed by atoms with van der Waals surface area (Å²) in [5.74, 6) is 0.0346. The molecule has 158 valence electrons. The highest BCUT2D eigenvalue weighted by molar-refractivity contribution is 5.98. The molecule has 6 heteroatoms. The second kappa shape index (κ2) is 8.88. The Labute approximate surface area is 177 Å². The van der Waals surface area contributed by atoms with E-state index in [1.165, 1.54) is 0 Å². The van der Waals surface area contributed by atoms with E-state index in [0.717, 1.165) is 16.8 Å². The van der Waals surface area contributed by atoms with E-state index < -0.39 is 0 Å². The van der Waals surface area contributed by atoms with Crippen molar-refractivity contribution in [1.82, 2.24) is 4.90 Å². The van der Waals surface area contributed by atoms with E-state index in [4.69, 9.17) is 9.47 Å². The highest BCUT2D eigenvalue weighted by Gasteiger charge is 2.44. The lowest BCUT2D eigenvalue weighted by molar-refractivity contribution is -0.0755. The Bertz CT molecular complexity index is 885. The standard InChI is InChI=1S/C24H28N2O4/c1-25(2)20-10-6-9-18(11-20)23(27)19-12-21-15-29-16-22(13-19)26(21)24(28)30-14-17-7-4-3-5-8-17/h3-11,19,21-22H,12-16H2,1-2H3. The van der Waals surface area contributed by atoms with Gasteiger partial charge in [-0.25, -0.2) is 4.79 Å². The molecule has 2 aromatic rings. The molecule has 2 aliphatic heterocycles. The number of hydrogen-bond acceptors (Lipinski definition) is 5. The van der Waals surface area contributed by atoms with Crippen LogP contribution in [0.4, 0.5) is 10.5 Å². The number of nitrogens with zero attached hydrogens (tertiary/aromatic N) is 2. The molecule has 0 N–H and O–H groups in total. The molecule has 2 saturated heterocycles. The average molecular weight is 408 g/mol. The van der Waals surface area contributed by atoms with Gasteiger partial charge in [0, 0.05) is 31.3 Å². The summed E-state index contributed by atoms with van der Waals surface area (Å²) in [6, 6.07) is 17.1. The summed E-state index contributed by atoms with van der Waals surface area (Å²) in [4.78, 5) is 29.8. The molecule has 2 aromatic carbocycles. The van der Waals surface area contributed by atoms with E-state index in [1.54, 1.807) is 4.90 Å². The predicted octanol–water partition coefficient (Wildman–Crippen LogP) is 3.75. The third kappa shape index (κ3) is 4.33. The van der Waals surface area contributed by atoms with E-state index in [9.17, 15) is 9.59 Å². The molecule has 2 heterocycles. The van der Waals surface area contributed by atoms with Crippen LogP contribution in [-0.4, -0.2) is 56.2 Å². The number of ketones is 1. The van der Waals surface area contributed by atoms with E-state index in [2.05, 4.69) is 0 Å². The van der Waals surface area contributed by atoms with Gasteiger partial charge in [-0.15, -0.1) is 0 Å². The van der Waals surface area contributed by atoms with Crippen LogP contribution in [0.3, 0.4) is 0 Å². The summed E-state index contributed by atoms with van der Waals surface area (Å²) in [6.45, 7) is 1.13. The van der Waals surface area contributed by atoms with Gasteiger partial charge in [-0.05, 0) is 30.5 Å². The number of ether oxygens (including phenoxy) is 2. The summed E-state index contributed by atoms with van der Waals surface area (Å²) >= 11 is 0. The number of carbonyl (C=O) groups is 2. The largest absolute Gasteiger partial charge is 0.445 e. The zero-order valence-electron chi connectivity index (χ0n) is 17.5. The fourth-order valence-electron chi connectivity index (χ4n) is 4.39. The Morgan fingerprint density at radius 1 is 1.03 bits per heavy atom. The van der Waals surface area contributed by atoms with Crippen molar-refractivity contribution in [2.24, 2.45) is 5.92 Å². The van der Waals surface area contributed by atoms with Crippen molar-refractivity contribution in [3.8, 4) is 0 Å². The van der Waals surface area contributed by atoms with E-state index in [1.807, 2.05) is 73.6 Å². The van der Waals surface area contributed by atoms with E-state index in [-0.39, 0.29) is 36.5 Å². The number of morpholine rings is 1. The van der Waals surface area contributed by atoms with Gasteiger partial charge in [-0.2, -0.15) is 0 Å². The quantitative estimate of drug-likeness (QED) is 0.705. The van der Waals surface area contributed by atoms with Crippen LogP contribution in [0.15, 0.2) is 54.6 Å². The third-order valence-electron chi connectivity index (χ3n) is 5.95. The maximum Gasteiger partial charge on any atom is 0.410 e.